The molecule has 0 fully saturated rings. The van der Waals surface area contributed by atoms with Gasteiger partial charge < -0.3 is 15.2 Å². The van der Waals surface area contributed by atoms with Gasteiger partial charge in [-0.05, 0) is 17.0 Å². The van der Waals surface area contributed by atoms with Crippen molar-refractivity contribution in [1.82, 2.24) is 0 Å². The molecule has 64 valence electrons. The number of hydrogen-bond acceptors (Lipinski definition) is 3. The van der Waals surface area contributed by atoms with Crippen molar-refractivity contribution < 1.29 is 14.8 Å². The Hall–Kier alpha value is -1.78. The fraction of sp³-hybridized carbons (Fsp3) is 0.143. The van der Waals surface area contributed by atoms with Gasteiger partial charge in [0, 0.05) is 12.1 Å². The fourth-order valence-corrected chi connectivity index (χ4v) is 0.761. The first-order chi connectivity index (χ1) is 5.77. The first-order valence-corrected chi connectivity index (χ1v) is 3.24. The van der Waals surface area contributed by atoms with Gasteiger partial charge in [-0.15, -0.1) is 0 Å². The molecule has 0 atom stereocenters. The second-order valence-corrected chi connectivity index (χ2v) is 2.06. The van der Waals surface area contributed by atoms with Crippen LogP contribution in [0.4, 0.5) is 5.69 Å². The third-order valence-electron chi connectivity index (χ3n) is 1.37. The van der Waals surface area contributed by atoms with E-state index >= 15 is 0 Å². The largest absolute Gasteiger partial charge is 0.592 e. The molecule has 5 heteroatoms. The summed E-state index contributed by atoms with van der Waals surface area (Å²) in [5, 5.41) is 21.2. The molecule has 1 aromatic rings. The number of ether oxygens (including phenoxy) is 1. The minimum Gasteiger partial charge on any atom is -0.592 e. The quantitative estimate of drug-likeness (QED) is 0.415. The Labute approximate surface area is 69.1 Å². The molecule has 0 saturated heterocycles. The minimum absolute atomic E-state index is 0.111. The van der Waals surface area contributed by atoms with Crippen LogP contribution >= 0.6 is 0 Å². The van der Waals surface area contributed by atoms with Crippen LogP contribution in [0.15, 0.2) is 29.5 Å². The molecule has 0 aliphatic heterocycles. The van der Waals surface area contributed by atoms with Gasteiger partial charge in [0.2, 0.25) is 11.0 Å². The average molecular weight is 168 g/mol. The number of rotatable bonds is 2. The summed E-state index contributed by atoms with van der Waals surface area (Å²) in [6.45, 7) is 0. The molecule has 5 nitrogen and oxygen atoms in total. The van der Waals surface area contributed by atoms with E-state index in [-0.39, 0.29) is 10.5 Å². The number of benzene rings is 1. The zero-order valence-electron chi connectivity index (χ0n) is 6.47. The highest BCUT2D eigenvalue weighted by Crippen LogP contribution is 2.16. The highest BCUT2D eigenvalue weighted by atomic mass is 16.6. The Bertz CT molecular complexity index is 281. The molecular formula is C7H8N2O3. The molecule has 0 aliphatic rings. The van der Waals surface area contributed by atoms with Crippen molar-refractivity contribution >= 4 is 5.69 Å². The van der Waals surface area contributed by atoms with E-state index in [4.69, 9.17) is 9.94 Å². The molecule has 1 N–H and O–H groups in total. The molecule has 0 heterocycles. The number of hydrogen-bond donors (Lipinski definition) is 1. The van der Waals surface area contributed by atoms with Crippen LogP contribution in [-0.4, -0.2) is 17.2 Å². The van der Waals surface area contributed by atoms with E-state index < -0.39 is 0 Å². The van der Waals surface area contributed by atoms with Crippen molar-refractivity contribution in [2.75, 3.05) is 7.11 Å². The van der Waals surface area contributed by atoms with Crippen molar-refractivity contribution in [3.8, 4) is 5.75 Å². The molecule has 1 aromatic carbocycles. The van der Waals surface area contributed by atoms with Crippen LogP contribution in [0.25, 0.3) is 0 Å². The summed E-state index contributed by atoms with van der Waals surface area (Å²) < 4.78 is 4.87. The Balaban J connectivity index is 2.92. The van der Waals surface area contributed by atoms with E-state index in [1.807, 2.05) is 0 Å². The highest BCUT2D eigenvalue weighted by molar-refractivity contribution is 5.35. The summed E-state index contributed by atoms with van der Waals surface area (Å²) in [5.41, 5.74) is 0.248. The molecule has 0 aliphatic carbocycles. The molecule has 0 aromatic heterocycles. The lowest BCUT2D eigenvalue weighted by Crippen LogP contribution is -1.90. The van der Waals surface area contributed by atoms with Crippen LogP contribution in [0.1, 0.15) is 0 Å². The van der Waals surface area contributed by atoms with Crippen LogP contribution in [0.3, 0.4) is 0 Å². The molecule has 0 spiro atoms. The minimum atomic E-state index is 0.111. The van der Waals surface area contributed by atoms with E-state index in [1.54, 1.807) is 12.1 Å². The lowest BCUT2D eigenvalue weighted by Gasteiger charge is -1.99. The summed E-state index contributed by atoms with van der Waals surface area (Å²) in [6.07, 6.45) is 0. The van der Waals surface area contributed by atoms with E-state index in [0.29, 0.717) is 5.75 Å². The Morgan fingerprint density at radius 1 is 1.42 bits per heavy atom. The first-order valence-electron chi connectivity index (χ1n) is 3.24. The molecule has 0 amide bonds. The first kappa shape index (κ1) is 8.32. The van der Waals surface area contributed by atoms with Gasteiger partial charge in [-0.2, -0.15) is 0 Å². The van der Waals surface area contributed by atoms with Gasteiger partial charge >= 0.3 is 0 Å². The molecule has 0 bridgehead atoms. The van der Waals surface area contributed by atoms with Crippen LogP contribution in [-0.2, 0) is 0 Å². The molecule has 0 radical (unpaired) electrons. The summed E-state index contributed by atoms with van der Waals surface area (Å²) in [7, 11) is 1.53. The normalized spacial score (nSPS) is 11.2. The Kier molecular flexibility index (Phi) is 2.47. The Morgan fingerprint density at radius 2 is 2.00 bits per heavy atom. The predicted molar refractivity (Wildman–Crippen MR) is 40.5 cm³/mol. The van der Waals surface area contributed by atoms with E-state index in [0.717, 1.165) is 0 Å². The van der Waals surface area contributed by atoms with Crippen LogP contribution in [0.2, 0.25) is 0 Å². The Morgan fingerprint density at radius 3 is 2.42 bits per heavy atom. The number of methoxy groups -OCH3 is 1. The highest BCUT2D eigenvalue weighted by Gasteiger charge is 2.02. The standard InChI is InChI=1S/C7H8N2O3/c1-12-7-4-2-6(3-5-7)9(11)8-10/h2-5,10H,1H3. The van der Waals surface area contributed by atoms with Crippen molar-refractivity contribution in [2.45, 2.75) is 0 Å². The van der Waals surface area contributed by atoms with Crippen LogP contribution in [0.5, 0.6) is 5.75 Å². The maximum absolute atomic E-state index is 10.7. The van der Waals surface area contributed by atoms with Gasteiger partial charge in [0.15, 0.2) is 0 Å². The van der Waals surface area contributed by atoms with Crippen LogP contribution in [0, 0.1) is 5.21 Å². The molecule has 1 rings (SSSR count). The van der Waals surface area contributed by atoms with Gasteiger partial charge in [0.25, 0.3) is 0 Å². The number of nitrogens with zero attached hydrogens (tertiary/aromatic N) is 2. The summed E-state index contributed by atoms with van der Waals surface area (Å²) >= 11 is 0. The van der Waals surface area contributed by atoms with Gasteiger partial charge in [-0.1, -0.05) is 0 Å². The van der Waals surface area contributed by atoms with Gasteiger partial charge in [0.1, 0.15) is 5.75 Å². The molecule has 0 unspecified atom stereocenters. The van der Waals surface area contributed by atoms with E-state index in [1.165, 1.54) is 19.2 Å². The SMILES string of the molecule is COc1ccc([N+]([O-])=NO)cc1. The second-order valence-electron chi connectivity index (χ2n) is 2.06. The second kappa shape index (κ2) is 3.56. The fourth-order valence-electron chi connectivity index (χ4n) is 0.761. The third-order valence-corrected chi connectivity index (χ3v) is 1.37. The van der Waals surface area contributed by atoms with Crippen molar-refractivity contribution in [2.24, 2.45) is 5.28 Å². The van der Waals surface area contributed by atoms with Gasteiger partial charge in [-0.25, -0.2) is 0 Å². The van der Waals surface area contributed by atoms with Crippen molar-refractivity contribution in [3.05, 3.63) is 29.5 Å². The lowest BCUT2D eigenvalue weighted by molar-refractivity contribution is -0.473. The molecule has 12 heavy (non-hydrogen) atoms. The smallest absolute Gasteiger partial charge is 0.248 e. The maximum atomic E-state index is 10.7. The molecule has 0 saturated carbocycles. The zero-order chi connectivity index (χ0) is 8.97. The maximum Gasteiger partial charge on any atom is 0.248 e. The zero-order valence-corrected chi connectivity index (χ0v) is 6.47. The van der Waals surface area contributed by atoms with Gasteiger partial charge in [-0.3, -0.25) is 0 Å². The molecular weight excluding hydrogens is 160 g/mol. The van der Waals surface area contributed by atoms with Crippen molar-refractivity contribution in [3.63, 3.8) is 0 Å². The van der Waals surface area contributed by atoms with Crippen molar-refractivity contribution in [1.29, 1.82) is 0 Å². The average Bonchev–Trinajstić information content (AvgIpc) is 2.17. The third kappa shape index (κ3) is 1.63. The van der Waals surface area contributed by atoms with E-state index in [2.05, 4.69) is 5.28 Å². The summed E-state index contributed by atoms with van der Waals surface area (Å²) in [5.74, 6) is 0.644. The van der Waals surface area contributed by atoms with Gasteiger partial charge in [0.05, 0.1) is 7.11 Å². The topological polar surface area (TPSA) is 67.9 Å². The lowest BCUT2D eigenvalue weighted by atomic mass is 10.3. The predicted octanol–water partition coefficient (Wildman–Crippen LogP) is 1.68. The van der Waals surface area contributed by atoms with Crippen LogP contribution < -0.4 is 4.74 Å². The summed E-state index contributed by atoms with van der Waals surface area (Å²) in [4.78, 5) is 0.111. The monoisotopic (exact) mass is 168 g/mol. The van der Waals surface area contributed by atoms with E-state index in [9.17, 15) is 5.21 Å². The summed E-state index contributed by atoms with van der Waals surface area (Å²) in [6, 6.07) is 6.19.